The fraction of sp³-hybridized carbons (Fsp3) is 0.500. The monoisotopic (exact) mass is 349 g/mol. The largest absolute Gasteiger partial charge is 0.325 e. The molecule has 1 aliphatic carbocycles. The van der Waals surface area contributed by atoms with Gasteiger partial charge in [0.15, 0.2) is 0 Å². The summed E-state index contributed by atoms with van der Waals surface area (Å²) in [6, 6.07) is 4.04. The summed E-state index contributed by atoms with van der Waals surface area (Å²) in [5, 5.41) is 2.94. The number of amides is 1. The third kappa shape index (κ3) is 4.59. The Bertz CT molecular complexity index is 623. The van der Waals surface area contributed by atoms with E-state index in [4.69, 9.17) is 22.3 Å². The third-order valence-corrected chi connectivity index (χ3v) is 5.37. The maximum atomic E-state index is 12.2. The number of hydrogen-bond donors (Lipinski definition) is 1. The van der Waals surface area contributed by atoms with Crippen molar-refractivity contribution in [1.29, 1.82) is 0 Å². The Labute approximate surface area is 134 Å². The van der Waals surface area contributed by atoms with Gasteiger partial charge in [0.2, 0.25) is 5.91 Å². The third-order valence-electron chi connectivity index (χ3n) is 3.71. The van der Waals surface area contributed by atoms with Crippen LogP contribution in [0.5, 0.6) is 0 Å². The molecule has 116 valence electrons. The van der Waals surface area contributed by atoms with Gasteiger partial charge in [-0.05, 0) is 31.0 Å². The molecule has 0 aromatic heterocycles. The van der Waals surface area contributed by atoms with Gasteiger partial charge >= 0.3 is 0 Å². The molecule has 0 heterocycles. The molecule has 1 aromatic carbocycles. The van der Waals surface area contributed by atoms with E-state index in [1.807, 2.05) is 0 Å². The molecule has 1 saturated carbocycles. The minimum Gasteiger partial charge on any atom is -0.325 e. The van der Waals surface area contributed by atoms with Crippen LogP contribution in [0.2, 0.25) is 5.02 Å². The first-order valence-electron chi connectivity index (χ1n) is 6.93. The molecule has 1 aromatic rings. The van der Waals surface area contributed by atoms with Crippen molar-refractivity contribution in [2.45, 2.75) is 43.4 Å². The topological polar surface area (TPSA) is 63.2 Å². The number of benzene rings is 1. The summed E-state index contributed by atoms with van der Waals surface area (Å²) in [4.78, 5) is 12.2. The first-order valence-corrected chi connectivity index (χ1v) is 9.62. The highest BCUT2D eigenvalue weighted by Crippen LogP contribution is 2.29. The van der Waals surface area contributed by atoms with Crippen molar-refractivity contribution in [3.05, 3.63) is 23.2 Å². The lowest BCUT2D eigenvalue weighted by atomic mass is 9.99. The van der Waals surface area contributed by atoms with Crippen LogP contribution < -0.4 is 5.32 Å². The molecule has 1 amide bonds. The van der Waals surface area contributed by atoms with Crippen LogP contribution >= 0.6 is 22.3 Å². The second-order valence-electron chi connectivity index (χ2n) is 5.26. The summed E-state index contributed by atoms with van der Waals surface area (Å²) >= 11 is 6.01. The molecule has 1 N–H and O–H groups in total. The molecule has 0 radical (unpaired) electrons. The van der Waals surface area contributed by atoms with Gasteiger partial charge in [-0.2, -0.15) is 0 Å². The molecule has 0 bridgehead atoms. The predicted molar refractivity (Wildman–Crippen MR) is 84.3 cm³/mol. The first kappa shape index (κ1) is 16.6. The van der Waals surface area contributed by atoms with Crippen LogP contribution in [0.25, 0.3) is 0 Å². The summed E-state index contributed by atoms with van der Waals surface area (Å²) in [6.07, 6.45) is 6.25. The molecule has 1 fully saturated rings. The van der Waals surface area contributed by atoms with E-state index in [1.165, 1.54) is 31.0 Å². The highest BCUT2D eigenvalue weighted by molar-refractivity contribution is 8.13. The molecule has 0 saturated heterocycles. The van der Waals surface area contributed by atoms with Gasteiger partial charge < -0.3 is 5.32 Å². The maximum Gasteiger partial charge on any atom is 0.261 e. The van der Waals surface area contributed by atoms with Gasteiger partial charge in [0.1, 0.15) is 0 Å². The number of carbonyl (C=O) groups is 1. The van der Waals surface area contributed by atoms with Crippen molar-refractivity contribution in [2.24, 2.45) is 5.92 Å². The van der Waals surface area contributed by atoms with E-state index in [-0.39, 0.29) is 21.7 Å². The van der Waals surface area contributed by atoms with Gasteiger partial charge in [-0.1, -0.05) is 37.3 Å². The van der Waals surface area contributed by atoms with Gasteiger partial charge in [-0.25, -0.2) is 8.42 Å². The number of rotatable bonds is 3. The minimum atomic E-state index is -3.82. The molecule has 0 unspecified atom stereocenters. The highest BCUT2D eigenvalue weighted by Gasteiger charge is 2.21. The van der Waals surface area contributed by atoms with Crippen LogP contribution in [0.3, 0.4) is 0 Å². The highest BCUT2D eigenvalue weighted by atomic mass is 35.7. The van der Waals surface area contributed by atoms with E-state index in [9.17, 15) is 13.2 Å². The molecule has 0 aliphatic heterocycles. The van der Waals surface area contributed by atoms with E-state index >= 15 is 0 Å². The Kier molecular flexibility index (Phi) is 5.52. The average Bonchev–Trinajstić information content (AvgIpc) is 2.68. The van der Waals surface area contributed by atoms with Gasteiger partial charge in [-0.15, -0.1) is 0 Å². The molecule has 2 rings (SSSR count). The fourth-order valence-electron chi connectivity index (χ4n) is 2.53. The number of carbonyl (C=O) groups excluding carboxylic acids is 1. The van der Waals surface area contributed by atoms with Crippen molar-refractivity contribution >= 4 is 42.9 Å². The first-order chi connectivity index (χ1) is 9.88. The summed E-state index contributed by atoms with van der Waals surface area (Å²) in [5.74, 6) is -0.0553. The zero-order chi connectivity index (χ0) is 15.5. The number of hydrogen-bond acceptors (Lipinski definition) is 3. The van der Waals surface area contributed by atoms with Crippen LogP contribution in [-0.4, -0.2) is 14.3 Å². The minimum absolute atomic E-state index is 0.00000262. The lowest BCUT2D eigenvalue weighted by Gasteiger charge is -2.15. The van der Waals surface area contributed by atoms with E-state index < -0.39 is 9.05 Å². The fourth-order valence-corrected chi connectivity index (χ4v) is 3.59. The lowest BCUT2D eigenvalue weighted by molar-refractivity contribution is -0.120. The van der Waals surface area contributed by atoms with E-state index in [2.05, 4.69) is 5.32 Å². The predicted octanol–water partition coefficient (Wildman–Crippen LogP) is 4.18. The number of halogens is 2. The second kappa shape index (κ2) is 6.99. The zero-order valence-corrected chi connectivity index (χ0v) is 13.8. The van der Waals surface area contributed by atoms with Crippen LogP contribution in [0.4, 0.5) is 5.69 Å². The van der Waals surface area contributed by atoms with Crippen LogP contribution in [0, 0.1) is 5.92 Å². The molecule has 21 heavy (non-hydrogen) atoms. The van der Waals surface area contributed by atoms with Crippen molar-refractivity contribution in [3.63, 3.8) is 0 Å². The molecule has 1 aliphatic rings. The number of anilines is 1. The van der Waals surface area contributed by atoms with Gasteiger partial charge in [0, 0.05) is 16.6 Å². The summed E-state index contributed by atoms with van der Waals surface area (Å²) in [5.41, 5.74) is 0.412. The van der Waals surface area contributed by atoms with Crippen LogP contribution in [-0.2, 0) is 13.8 Å². The molecular formula is C14H17Cl2NO3S. The summed E-state index contributed by atoms with van der Waals surface area (Å²) in [6.45, 7) is 0. The molecular weight excluding hydrogens is 333 g/mol. The van der Waals surface area contributed by atoms with E-state index in [0.29, 0.717) is 5.69 Å². The van der Waals surface area contributed by atoms with E-state index in [1.54, 1.807) is 0 Å². The zero-order valence-electron chi connectivity index (χ0n) is 11.4. The maximum absolute atomic E-state index is 12.2. The standard InChI is InChI=1S/C14H17Cl2NO3S/c15-12-9-11(21(16,19)20)7-8-13(12)17-14(18)10-5-3-1-2-4-6-10/h7-10H,1-6H2,(H,17,18). The second-order valence-corrected chi connectivity index (χ2v) is 8.23. The SMILES string of the molecule is O=C(Nc1ccc(S(=O)(=O)Cl)cc1Cl)C1CCCCCC1. The van der Waals surface area contributed by atoms with Gasteiger partial charge in [0.05, 0.1) is 15.6 Å². The quantitative estimate of drug-likeness (QED) is 0.657. The van der Waals surface area contributed by atoms with Crippen molar-refractivity contribution in [3.8, 4) is 0 Å². The average molecular weight is 350 g/mol. The van der Waals surface area contributed by atoms with Crippen molar-refractivity contribution in [2.75, 3.05) is 5.32 Å². The Morgan fingerprint density at radius 3 is 2.29 bits per heavy atom. The Balaban J connectivity index is 2.10. The molecule has 7 heteroatoms. The Morgan fingerprint density at radius 1 is 1.14 bits per heavy atom. The number of nitrogens with one attached hydrogen (secondary N) is 1. The van der Waals surface area contributed by atoms with E-state index in [0.717, 1.165) is 25.7 Å². The van der Waals surface area contributed by atoms with Crippen LogP contribution in [0.15, 0.2) is 23.1 Å². The smallest absolute Gasteiger partial charge is 0.261 e. The summed E-state index contributed by atoms with van der Waals surface area (Å²) in [7, 11) is 1.43. The van der Waals surface area contributed by atoms with Gasteiger partial charge in [-0.3, -0.25) is 4.79 Å². The molecule has 0 spiro atoms. The normalized spacial score (nSPS) is 17.2. The lowest BCUT2D eigenvalue weighted by Crippen LogP contribution is -2.22. The Hall–Kier alpha value is -0.780. The Morgan fingerprint density at radius 2 is 1.76 bits per heavy atom. The molecule has 0 atom stereocenters. The van der Waals surface area contributed by atoms with Crippen molar-refractivity contribution in [1.82, 2.24) is 0 Å². The summed E-state index contributed by atoms with van der Waals surface area (Å²) < 4.78 is 22.4. The van der Waals surface area contributed by atoms with Crippen LogP contribution in [0.1, 0.15) is 38.5 Å². The molecule has 4 nitrogen and oxygen atoms in total. The van der Waals surface area contributed by atoms with Gasteiger partial charge in [0.25, 0.3) is 9.05 Å². The van der Waals surface area contributed by atoms with Crippen molar-refractivity contribution < 1.29 is 13.2 Å².